The van der Waals surface area contributed by atoms with Crippen LogP contribution in [0, 0.1) is 13.8 Å². The summed E-state index contributed by atoms with van der Waals surface area (Å²) in [5.41, 5.74) is 3.12. The molecule has 2 aromatic carbocycles. The maximum atomic E-state index is 13.1. The normalized spacial score (nSPS) is 14.9. The fourth-order valence-electron chi connectivity index (χ4n) is 3.94. The van der Waals surface area contributed by atoms with Crippen LogP contribution in [0.3, 0.4) is 0 Å². The number of benzene rings is 2. The van der Waals surface area contributed by atoms with Crippen LogP contribution < -0.4 is 10.1 Å². The molecule has 1 aliphatic rings. The first kappa shape index (κ1) is 21.9. The molecule has 0 aliphatic heterocycles. The lowest BCUT2D eigenvalue weighted by Crippen LogP contribution is -2.50. The van der Waals surface area contributed by atoms with Crippen molar-refractivity contribution in [3.63, 3.8) is 0 Å². The molecule has 1 atom stereocenters. The van der Waals surface area contributed by atoms with Crippen molar-refractivity contribution >= 4 is 11.8 Å². The molecule has 0 saturated heterocycles. The van der Waals surface area contributed by atoms with Crippen LogP contribution in [0.4, 0.5) is 0 Å². The summed E-state index contributed by atoms with van der Waals surface area (Å²) in [6, 6.07) is 15.3. The van der Waals surface area contributed by atoms with Gasteiger partial charge in [0.1, 0.15) is 11.8 Å². The summed E-state index contributed by atoms with van der Waals surface area (Å²) in [6.07, 6.45) is 4.33. The van der Waals surface area contributed by atoms with Crippen molar-refractivity contribution in [1.82, 2.24) is 10.2 Å². The van der Waals surface area contributed by atoms with E-state index in [9.17, 15) is 9.59 Å². The van der Waals surface area contributed by atoms with E-state index in [0.717, 1.165) is 42.4 Å². The Morgan fingerprint density at radius 3 is 2.47 bits per heavy atom. The zero-order chi connectivity index (χ0) is 21.5. The predicted molar refractivity (Wildman–Crippen MR) is 118 cm³/mol. The molecule has 1 fully saturated rings. The number of rotatable bonds is 8. The second-order valence-electron chi connectivity index (χ2n) is 8.23. The number of nitrogens with zero attached hydrogens (tertiary/aromatic N) is 1. The van der Waals surface area contributed by atoms with Gasteiger partial charge in [-0.25, -0.2) is 0 Å². The highest BCUT2D eigenvalue weighted by Crippen LogP contribution is 2.20. The molecule has 0 heterocycles. The lowest BCUT2D eigenvalue weighted by atomic mass is 10.1. The number of hydrogen-bond acceptors (Lipinski definition) is 3. The third-order valence-electron chi connectivity index (χ3n) is 5.75. The summed E-state index contributed by atoms with van der Waals surface area (Å²) in [5.74, 6) is 0.391. The highest BCUT2D eigenvalue weighted by Gasteiger charge is 2.28. The Balaban J connectivity index is 1.70. The van der Waals surface area contributed by atoms with E-state index in [4.69, 9.17) is 4.74 Å². The van der Waals surface area contributed by atoms with Crippen LogP contribution in [0.2, 0.25) is 0 Å². The minimum absolute atomic E-state index is 0.0994. The van der Waals surface area contributed by atoms with Gasteiger partial charge in [-0.1, -0.05) is 60.9 Å². The molecule has 3 rings (SSSR count). The van der Waals surface area contributed by atoms with Gasteiger partial charge in [0.05, 0.1) is 0 Å². The standard InChI is InChI=1S/C25H32N2O3/c1-18-13-14-23(19(2)15-18)30-17-24(28)27(16-21-9-5-4-6-10-21)20(3)25(29)26-22-11-7-8-12-22/h4-6,9-10,13-15,20,22H,7-8,11-12,16-17H2,1-3H3,(H,26,29)/t20-/m1/s1. The Morgan fingerprint density at radius 1 is 1.10 bits per heavy atom. The third-order valence-corrected chi connectivity index (χ3v) is 5.75. The third kappa shape index (κ3) is 5.85. The zero-order valence-corrected chi connectivity index (χ0v) is 18.2. The van der Waals surface area contributed by atoms with Gasteiger partial charge in [0.15, 0.2) is 6.61 Å². The molecule has 1 aliphatic carbocycles. The fraction of sp³-hybridized carbons (Fsp3) is 0.440. The van der Waals surface area contributed by atoms with Crippen LogP contribution in [0.25, 0.3) is 0 Å². The predicted octanol–water partition coefficient (Wildman–Crippen LogP) is 4.16. The average molecular weight is 409 g/mol. The summed E-state index contributed by atoms with van der Waals surface area (Å²) < 4.78 is 5.81. The van der Waals surface area contributed by atoms with Gasteiger partial charge in [0.2, 0.25) is 5.91 Å². The molecule has 0 radical (unpaired) electrons. The van der Waals surface area contributed by atoms with Gasteiger partial charge in [-0.2, -0.15) is 0 Å². The number of aryl methyl sites for hydroxylation is 2. The summed E-state index contributed by atoms with van der Waals surface area (Å²) >= 11 is 0. The summed E-state index contributed by atoms with van der Waals surface area (Å²) in [7, 11) is 0. The number of ether oxygens (including phenoxy) is 1. The van der Waals surface area contributed by atoms with Crippen molar-refractivity contribution in [2.24, 2.45) is 0 Å². The Morgan fingerprint density at radius 2 is 1.80 bits per heavy atom. The summed E-state index contributed by atoms with van der Waals surface area (Å²) in [6.45, 7) is 6.05. The van der Waals surface area contributed by atoms with Gasteiger partial charge >= 0.3 is 0 Å². The monoisotopic (exact) mass is 408 g/mol. The molecule has 30 heavy (non-hydrogen) atoms. The molecule has 5 nitrogen and oxygen atoms in total. The minimum Gasteiger partial charge on any atom is -0.483 e. The van der Waals surface area contributed by atoms with E-state index in [1.165, 1.54) is 0 Å². The van der Waals surface area contributed by atoms with Crippen molar-refractivity contribution in [2.45, 2.75) is 65.1 Å². The Hall–Kier alpha value is -2.82. The van der Waals surface area contributed by atoms with Crippen molar-refractivity contribution in [3.05, 3.63) is 65.2 Å². The fourth-order valence-corrected chi connectivity index (χ4v) is 3.94. The first-order valence-corrected chi connectivity index (χ1v) is 10.8. The molecule has 2 amide bonds. The Kier molecular flexibility index (Phi) is 7.50. The molecule has 0 bridgehead atoms. The molecule has 1 N–H and O–H groups in total. The van der Waals surface area contributed by atoms with Gasteiger partial charge in [-0.3, -0.25) is 9.59 Å². The van der Waals surface area contributed by atoms with E-state index in [0.29, 0.717) is 12.3 Å². The smallest absolute Gasteiger partial charge is 0.261 e. The highest BCUT2D eigenvalue weighted by molar-refractivity contribution is 5.88. The van der Waals surface area contributed by atoms with Crippen molar-refractivity contribution in [1.29, 1.82) is 0 Å². The molecule has 0 unspecified atom stereocenters. The van der Waals surface area contributed by atoms with Crippen molar-refractivity contribution in [2.75, 3.05) is 6.61 Å². The number of amides is 2. The molecular formula is C25H32N2O3. The van der Waals surface area contributed by atoms with E-state index in [1.807, 2.05) is 62.4 Å². The Labute approximate surface area is 179 Å². The van der Waals surface area contributed by atoms with Crippen molar-refractivity contribution < 1.29 is 14.3 Å². The maximum absolute atomic E-state index is 13.1. The highest BCUT2D eigenvalue weighted by atomic mass is 16.5. The van der Waals surface area contributed by atoms with Gasteiger partial charge in [-0.05, 0) is 50.8 Å². The van der Waals surface area contributed by atoms with E-state index in [1.54, 1.807) is 11.8 Å². The molecule has 2 aromatic rings. The molecule has 160 valence electrons. The van der Waals surface area contributed by atoms with Crippen LogP contribution in [0.15, 0.2) is 48.5 Å². The number of carbonyl (C=O) groups is 2. The van der Waals surface area contributed by atoms with Gasteiger partial charge in [0.25, 0.3) is 5.91 Å². The second kappa shape index (κ2) is 10.3. The van der Waals surface area contributed by atoms with Crippen LogP contribution >= 0.6 is 0 Å². The van der Waals surface area contributed by atoms with Gasteiger partial charge in [-0.15, -0.1) is 0 Å². The minimum atomic E-state index is -0.568. The average Bonchev–Trinajstić information content (AvgIpc) is 3.24. The van der Waals surface area contributed by atoms with Crippen LogP contribution in [0.1, 0.15) is 49.3 Å². The SMILES string of the molecule is Cc1ccc(OCC(=O)N(Cc2ccccc2)[C@H](C)C(=O)NC2CCCC2)c(C)c1. The second-order valence-corrected chi connectivity index (χ2v) is 8.23. The molecular weight excluding hydrogens is 376 g/mol. The van der Waals surface area contributed by atoms with Crippen LogP contribution in [-0.4, -0.2) is 35.4 Å². The summed E-state index contributed by atoms with van der Waals surface area (Å²) in [4.78, 5) is 27.6. The van der Waals surface area contributed by atoms with Crippen LogP contribution in [0.5, 0.6) is 5.75 Å². The quantitative estimate of drug-likeness (QED) is 0.714. The first-order chi connectivity index (χ1) is 14.4. The van der Waals surface area contributed by atoms with E-state index in [-0.39, 0.29) is 24.5 Å². The van der Waals surface area contributed by atoms with Gasteiger partial charge < -0.3 is 15.0 Å². The topological polar surface area (TPSA) is 58.6 Å². The zero-order valence-electron chi connectivity index (χ0n) is 18.2. The number of nitrogens with one attached hydrogen (secondary N) is 1. The van der Waals surface area contributed by atoms with Crippen LogP contribution in [-0.2, 0) is 16.1 Å². The Bertz CT molecular complexity index is 860. The molecule has 5 heteroatoms. The van der Waals surface area contributed by atoms with E-state index < -0.39 is 6.04 Å². The van der Waals surface area contributed by atoms with E-state index in [2.05, 4.69) is 5.32 Å². The summed E-state index contributed by atoms with van der Waals surface area (Å²) in [5, 5.41) is 3.12. The number of carbonyl (C=O) groups excluding carboxylic acids is 2. The lowest BCUT2D eigenvalue weighted by Gasteiger charge is -2.29. The molecule has 0 spiro atoms. The van der Waals surface area contributed by atoms with E-state index >= 15 is 0 Å². The molecule has 1 saturated carbocycles. The van der Waals surface area contributed by atoms with Crippen molar-refractivity contribution in [3.8, 4) is 5.75 Å². The largest absolute Gasteiger partial charge is 0.483 e. The van der Waals surface area contributed by atoms with Gasteiger partial charge in [0, 0.05) is 12.6 Å². The lowest BCUT2D eigenvalue weighted by molar-refractivity contribution is -0.142. The maximum Gasteiger partial charge on any atom is 0.261 e. The molecule has 0 aromatic heterocycles. The first-order valence-electron chi connectivity index (χ1n) is 10.8. The number of hydrogen-bond donors (Lipinski definition) is 1.